The predicted octanol–water partition coefficient (Wildman–Crippen LogP) is 2.63. The summed E-state index contributed by atoms with van der Waals surface area (Å²) in [7, 11) is 0. The standard InChI is InChI=1S/C25H32N2O5S/c1-5-9-26(17-12-14(2)7-8-15(17)3)23(30)21-25-16(4)13-18(33-25)19(24(31)32)20(25)22(29)27(21)10-6-11-28/h5,7-8,12,16,18-21,28H,1,6,9-11,13H2,2-4H3,(H,31,32)/t16?,18-,19+,20-,21?,25?/m0/s1. The Kier molecular flexibility index (Phi) is 6.35. The molecule has 7 nitrogen and oxygen atoms in total. The summed E-state index contributed by atoms with van der Waals surface area (Å²) in [6.07, 6.45) is 2.68. The fraction of sp³-hybridized carbons (Fsp3) is 0.560. The molecule has 1 aromatic carbocycles. The van der Waals surface area contributed by atoms with Gasteiger partial charge < -0.3 is 20.0 Å². The summed E-state index contributed by atoms with van der Waals surface area (Å²) in [6.45, 7) is 10.2. The largest absolute Gasteiger partial charge is 0.481 e. The van der Waals surface area contributed by atoms with E-state index in [4.69, 9.17) is 0 Å². The predicted molar refractivity (Wildman–Crippen MR) is 128 cm³/mol. The van der Waals surface area contributed by atoms with Crippen LogP contribution in [-0.2, 0) is 14.4 Å². The van der Waals surface area contributed by atoms with Crippen LogP contribution in [0.1, 0.15) is 30.9 Å². The van der Waals surface area contributed by atoms with Crippen molar-refractivity contribution in [1.29, 1.82) is 0 Å². The van der Waals surface area contributed by atoms with E-state index in [1.54, 1.807) is 15.9 Å². The number of anilines is 1. The number of carbonyl (C=O) groups is 3. The van der Waals surface area contributed by atoms with Crippen molar-refractivity contribution in [2.75, 3.05) is 24.6 Å². The van der Waals surface area contributed by atoms with E-state index in [2.05, 4.69) is 6.58 Å². The van der Waals surface area contributed by atoms with Crippen LogP contribution in [-0.4, -0.2) is 68.6 Å². The maximum absolute atomic E-state index is 14.3. The number of thioether (sulfide) groups is 1. The molecule has 2 N–H and O–H groups in total. The Morgan fingerprint density at radius 2 is 2.09 bits per heavy atom. The van der Waals surface area contributed by atoms with Gasteiger partial charge >= 0.3 is 5.97 Å². The summed E-state index contributed by atoms with van der Waals surface area (Å²) >= 11 is 1.53. The molecule has 3 heterocycles. The average Bonchev–Trinajstić information content (AvgIpc) is 3.35. The summed E-state index contributed by atoms with van der Waals surface area (Å²) in [4.78, 5) is 43.4. The molecule has 2 bridgehead atoms. The van der Waals surface area contributed by atoms with Crippen LogP contribution in [0.25, 0.3) is 0 Å². The van der Waals surface area contributed by atoms with Crippen molar-refractivity contribution in [3.63, 3.8) is 0 Å². The number of carboxylic acid groups (broad SMARTS) is 1. The lowest BCUT2D eigenvalue weighted by Gasteiger charge is -2.40. The molecular weight excluding hydrogens is 440 g/mol. The fourth-order valence-electron chi connectivity index (χ4n) is 6.16. The molecule has 6 atom stereocenters. The second-order valence-corrected chi connectivity index (χ2v) is 11.1. The molecule has 8 heteroatoms. The lowest BCUT2D eigenvalue weighted by molar-refractivity contribution is -0.149. The van der Waals surface area contributed by atoms with E-state index in [0.29, 0.717) is 12.8 Å². The molecule has 1 aromatic rings. The molecule has 3 aliphatic rings. The van der Waals surface area contributed by atoms with Crippen molar-refractivity contribution >= 4 is 35.2 Å². The SMILES string of the molecule is C=CCN(C(=O)C1N(CCCO)C(=O)[C@@H]2[C@H](C(=O)O)[C@@H]3CC(C)C12S3)c1cc(C)ccc1C. The highest BCUT2D eigenvalue weighted by atomic mass is 32.2. The van der Waals surface area contributed by atoms with Crippen LogP contribution in [0.5, 0.6) is 0 Å². The first-order valence-electron chi connectivity index (χ1n) is 11.5. The Balaban J connectivity index is 1.84. The first-order valence-corrected chi connectivity index (χ1v) is 12.4. The Morgan fingerprint density at radius 1 is 1.36 bits per heavy atom. The normalized spacial score (nSPS) is 32.2. The highest BCUT2D eigenvalue weighted by Crippen LogP contribution is 2.68. The number of hydrogen-bond donors (Lipinski definition) is 2. The minimum absolute atomic E-state index is 0.0225. The molecule has 3 aliphatic heterocycles. The van der Waals surface area contributed by atoms with Gasteiger partial charge in [0.1, 0.15) is 6.04 Å². The van der Waals surface area contributed by atoms with Crippen molar-refractivity contribution in [2.24, 2.45) is 17.8 Å². The molecular formula is C25H32N2O5S. The summed E-state index contributed by atoms with van der Waals surface area (Å²) in [5.74, 6) is -2.94. The third kappa shape index (κ3) is 3.49. The second kappa shape index (κ2) is 8.80. The molecule has 2 amide bonds. The van der Waals surface area contributed by atoms with Gasteiger partial charge in [0.25, 0.3) is 5.91 Å². The number of aliphatic hydroxyl groups is 1. The number of aliphatic carboxylic acids is 1. The monoisotopic (exact) mass is 472 g/mol. The summed E-state index contributed by atoms with van der Waals surface area (Å²) < 4.78 is -0.783. The molecule has 178 valence electrons. The Morgan fingerprint density at radius 3 is 2.73 bits per heavy atom. The number of fused-ring (bicyclic) bond motifs is 1. The summed E-state index contributed by atoms with van der Waals surface area (Å²) in [5, 5.41) is 19.3. The molecule has 1 spiro atoms. The first kappa shape index (κ1) is 23.8. The van der Waals surface area contributed by atoms with Crippen molar-refractivity contribution in [2.45, 2.75) is 49.7 Å². The van der Waals surface area contributed by atoms with Crippen molar-refractivity contribution in [3.8, 4) is 0 Å². The molecule has 0 aliphatic carbocycles. The maximum Gasteiger partial charge on any atom is 0.308 e. The highest BCUT2D eigenvalue weighted by molar-refractivity contribution is 8.02. The second-order valence-electron chi connectivity index (χ2n) is 9.53. The molecule has 4 rings (SSSR count). The number of hydrogen-bond acceptors (Lipinski definition) is 5. The number of carboxylic acids is 1. The van der Waals surface area contributed by atoms with Gasteiger partial charge in [-0.15, -0.1) is 18.3 Å². The van der Waals surface area contributed by atoms with E-state index in [1.165, 1.54) is 11.8 Å². The number of likely N-dealkylation sites (tertiary alicyclic amines) is 1. The fourth-order valence-corrected chi connectivity index (χ4v) is 8.57. The smallest absolute Gasteiger partial charge is 0.308 e. The third-order valence-corrected chi connectivity index (χ3v) is 9.63. The van der Waals surface area contributed by atoms with Crippen molar-refractivity contribution < 1.29 is 24.6 Å². The first-order chi connectivity index (χ1) is 15.7. The van der Waals surface area contributed by atoms with E-state index in [0.717, 1.165) is 16.8 Å². The number of nitrogens with zero attached hydrogens (tertiary/aromatic N) is 2. The van der Waals surface area contributed by atoms with Gasteiger partial charge in [-0.3, -0.25) is 14.4 Å². The topological polar surface area (TPSA) is 98.2 Å². The quantitative estimate of drug-likeness (QED) is 0.565. The van der Waals surface area contributed by atoms with Crippen LogP contribution in [0.2, 0.25) is 0 Å². The number of aliphatic hydroxyl groups excluding tert-OH is 1. The Labute approximate surface area is 198 Å². The minimum atomic E-state index is -0.965. The maximum atomic E-state index is 14.3. The van der Waals surface area contributed by atoms with E-state index < -0.39 is 28.6 Å². The zero-order chi connectivity index (χ0) is 24.1. The van der Waals surface area contributed by atoms with Gasteiger partial charge in [0.2, 0.25) is 5.91 Å². The third-order valence-electron chi connectivity index (χ3n) is 7.55. The van der Waals surface area contributed by atoms with Gasteiger partial charge in [-0.25, -0.2) is 0 Å². The molecule has 33 heavy (non-hydrogen) atoms. The lowest BCUT2D eigenvalue weighted by atomic mass is 9.66. The Bertz CT molecular complexity index is 997. The van der Waals surface area contributed by atoms with Crippen molar-refractivity contribution in [1.82, 2.24) is 4.90 Å². The average molecular weight is 473 g/mol. The van der Waals surface area contributed by atoms with Gasteiger partial charge in [0.05, 0.1) is 16.6 Å². The van der Waals surface area contributed by atoms with E-state index in [1.807, 2.05) is 39.0 Å². The van der Waals surface area contributed by atoms with Crippen LogP contribution in [0.4, 0.5) is 5.69 Å². The van der Waals surface area contributed by atoms with Crippen LogP contribution in [0.15, 0.2) is 30.9 Å². The van der Waals surface area contributed by atoms with Gasteiger partial charge in [-0.2, -0.15) is 0 Å². The number of aryl methyl sites for hydroxylation is 2. The number of carbonyl (C=O) groups excluding carboxylic acids is 2. The Hall–Kier alpha value is -2.32. The number of benzene rings is 1. The number of amides is 2. The van der Waals surface area contributed by atoms with Crippen LogP contribution in [0, 0.1) is 31.6 Å². The molecule has 0 radical (unpaired) electrons. The van der Waals surface area contributed by atoms with Crippen molar-refractivity contribution in [3.05, 3.63) is 42.0 Å². The zero-order valence-corrected chi connectivity index (χ0v) is 20.2. The molecule has 3 unspecified atom stereocenters. The van der Waals surface area contributed by atoms with Gasteiger partial charge in [0, 0.05) is 30.6 Å². The van der Waals surface area contributed by atoms with Gasteiger partial charge in [-0.05, 0) is 49.8 Å². The molecule has 0 saturated carbocycles. The zero-order valence-electron chi connectivity index (χ0n) is 19.4. The van der Waals surface area contributed by atoms with Crippen LogP contribution >= 0.6 is 11.8 Å². The highest BCUT2D eigenvalue weighted by Gasteiger charge is 2.76. The lowest BCUT2D eigenvalue weighted by Crippen LogP contribution is -2.57. The van der Waals surface area contributed by atoms with Gasteiger partial charge in [0.15, 0.2) is 0 Å². The summed E-state index contributed by atoms with van der Waals surface area (Å²) in [5.41, 5.74) is 2.73. The van der Waals surface area contributed by atoms with Crippen LogP contribution in [0.3, 0.4) is 0 Å². The molecule has 0 aromatic heterocycles. The minimum Gasteiger partial charge on any atom is -0.481 e. The number of rotatable bonds is 8. The van der Waals surface area contributed by atoms with Gasteiger partial charge in [-0.1, -0.05) is 25.1 Å². The van der Waals surface area contributed by atoms with E-state index >= 15 is 0 Å². The van der Waals surface area contributed by atoms with Crippen LogP contribution < -0.4 is 4.90 Å². The molecule has 3 fully saturated rings. The summed E-state index contributed by atoms with van der Waals surface area (Å²) in [6, 6.07) is 5.14. The van der Waals surface area contributed by atoms with E-state index in [9.17, 15) is 24.6 Å². The molecule has 3 saturated heterocycles. The van der Waals surface area contributed by atoms with E-state index in [-0.39, 0.29) is 42.7 Å².